The topological polar surface area (TPSA) is 70.4 Å². The molecule has 2 amide bonds. The van der Waals surface area contributed by atoms with Gasteiger partial charge in [-0.05, 0) is 36.1 Å². The summed E-state index contributed by atoms with van der Waals surface area (Å²) in [5.74, 6) is -0.441. The molecule has 0 spiro atoms. The molecule has 0 unspecified atom stereocenters. The molecule has 0 aliphatic heterocycles. The van der Waals surface area contributed by atoms with Crippen LogP contribution in [0.5, 0.6) is 0 Å². The van der Waals surface area contributed by atoms with Crippen molar-refractivity contribution < 1.29 is 14.3 Å². The van der Waals surface area contributed by atoms with Crippen molar-refractivity contribution >= 4 is 11.7 Å². The number of urea groups is 1. The van der Waals surface area contributed by atoms with Crippen LogP contribution < -0.4 is 5.32 Å². The molecule has 0 aliphatic carbocycles. The maximum absolute atomic E-state index is 13.7. The minimum absolute atomic E-state index is 0.00637. The number of nitrogens with one attached hydrogen (secondary N) is 1. The number of hydrogen-bond donors (Lipinski definition) is 2. The van der Waals surface area contributed by atoms with Gasteiger partial charge in [0.05, 0.1) is 11.4 Å². The van der Waals surface area contributed by atoms with E-state index < -0.39 is 5.82 Å². The quantitative estimate of drug-likeness (QED) is 0.842. The maximum Gasteiger partial charge on any atom is 0.321 e. The lowest BCUT2D eigenvalue weighted by atomic mass is 9.96. The summed E-state index contributed by atoms with van der Waals surface area (Å²) < 4.78 is 15.3. The fourth-order valence-electron chi connectivity index (χ4n) is 2.50. The van der Waals surface area contributed by atoms with Crippen LogP contribution in [0.15, 0.2) is 36.7 Å². The molecule has 0 aliphatic rings. The van der Waals surface area contributed by atoms with Crippen LogP contribution >= 0.6 is 0 Å². The Morgan fingerprint density at radius 3 is 2.76 bits per heavy atom. The van der Waals surface area contributed by atoms with Crippen molar-refractivity contribution in [1.29, 1.82) is 0 Å². The molecule has 7 heteroatoms. The molecule has 0 fully saturated rings. The predicted octanol–water partition coefficient (Wildman–Crippen LogP) is 3.27. The Balaban J connectivity index is 2.24. The summed E-state index contributed by atoms with van der Waals surface area (Å²) in [6, 6.07) is 5.59. The van der Waals surface area contributed by atoms with Crippen molar-refractivity contribution in [3.63, 3.8) is 0 Å². The first kappa shape index (κ1) is 18.9. The highest BCUT2D eigenvalue weighted by molar-refractivity contribution is 5.91. The average molecular weight is 348 g/mol. The van der Waals surface area contributed by atoms with Crippen LogP contribution in [0, 0.1) is 11.2 Å². The van der Waals surface area contributed by atoms with Gasteiger partial charge in [0.1, 0.15) is 5.82 Å². The monoisotopic (exact) mass is 348 g/mol. The van der Waals surface area contributed by atoms with E-state index in [1.165, 1.54) is 12.1 Å². The van der Waals surface area contributed by atoms with Gasteiger partial charge in [-0.1, -0.05) is 20.8 Å². The predicted molar refractivity (Wildman–Crippen MR) is 95.3 cm³/mol. The Bertz CT molecular complexity index is 696. The van der Waals surface area contributed by atoms with Crippen molar-refractivity contribution in [2.45, 2.75) is 27.2 Å². The number of nitrogens with zero attached hydrogens (tertiary/aromatic N) is 3. The lowest BCUT2D eigenvalue weighted by molar-refractivity contribution is 0.176. The lowest BCUT2D eigenvalue weighted by Crippen LogP contribution is -2.41. The van der Waals surface area contributed by atoms with Gasteiger partial charge in [0.2, 0.25) is 0 Å². The minimum atomic E-state index is -0.441. The molecule has 0 saturated carbocycles. The van der Waals surface area contributed by atoms with E-state index in [2.05, 4.69) is 10.4 Å². The number of rotatable bonds is 6. The zero-order valence-electron chi connectivity index (χ0n) is 14.9. The molecule has 1 aromatic heterocycles. The van der Waals surface area contributed by atoms with Crippen LogP contribution in [0.4, 0.5) is 14.9 Å². The number of carbonyl (C=O) groups excluding carboxylic acids is 1. The van der Waals surface area contributed by atoms with E-state index in [1.807, 2.05) is 20.8 Å². The van der Waals surface area contributed by atoms with E-state index in [-0.39, 0.29) is 18.1 Å². The van der Waals surface area contributed by atoms with Crippen LogP contribution in [0.2, 0.25) is 0 Å². The minimum Gasteiger partial charge on any atom is -0.396 e. The van der Waals surface area contributed by atoms with E-state index in [1.54, 1.807) is 34.1 Å². The molecular formula is C18H25FN4O2. The van der Waals surface area contributed by atoms with E-state index in [9.17, 15) is 9.18 Å². The summed E-state index contributed by atoms with van der Waals surface area (Å²) in [5.41, 5.74) is 0.828. The molecule has 2 N–H and O–H groups in total. The molecule has 25 heavy (non-hydrogen) atoms. The number of halogens is 1. The van der Waals surface area contributed by atoms with Crippen molar-refractivity contribution in [2.24, 2.45) is 5.41 Å². The normalized spacial score (nSPS) is 11.4. The largest absolute Gasteiger partial charge is 0.396 e. The number of aliphatic hydroxyl groups is 1. The first-order chi connectivity index (χ1) is 11.8. The number of anilines is 1. The number of amides is 2. The van der Waals surface area contributed by atoms with Gasteiger partial charge in [0.25, 0.3) is 0 Å². The molecule has 2 rings (SSSR count). The fraction of sp³-hybridized carbons (Fsp3) is 0.444. The van der Waals surface area contributed by atoms with Crippen molar-refractivity contribution in [2.75, 3.05) is 25.0 Å². The van der Waals surface area contributed by atoms with E-state index in [0.717, 1.165) is 0 Å². The van der Waals surface area contributed by atoms with Crippen LogP contribution in [-0.4, -0.2) is 45.5 Å². The second-order valence-electron chi connectivity index (χ2n) is 7.10. The molecule has 1 heterocycles. The van der Waals surface area contributed by atoms with Crippen molar-refractivity contribution in [1.82, 2.24) is 14.7 Å². The lowest BCUT2D eigenvalue weighted by Gasteiger charge is -2.30. The van der Waals surface area contributed by atoms with Gasteiger partial charge >= 0.3 is 6.03 Å². The first-order valence-corrected chi connectivity index (χ1v) is 8.26. The second-order valence-corrected chi connectivity index (χ2v) is 7.10. The SMILES string of the molecule is CC(C)(C)CN(CCCO)C(=O)Nc1cc(F)ccc1-n1cccn1. The van der Waals surface area contributed by atoms with Gasteiger partial charge in [-0.2, -0.15) is 5.10 Å². The molecule has 2 aromatic rings. The number of carbonyl (C=O) groups is 1. The molecule has 0 radical (unpaired) electrons. The number of hydrogen-bond acceptors (Lipinski definition) is 3. The Labute approximate surface area is 147 Å². The summed E-state index contributed by atoms with van der Waals surface area (Å²) in [4.78, 5) is 14.3. The third-order valence-electron chi connectivity index (χ3n) is 3.49. The highest BCUT2D eigenvalue weighted by atomic mass is 19.1. The molecule has 0 bridgehead atoms. The Hall–Kier alpha value is -2.41. The maximum atomic E-state index is 13.7. The molecule has 6 nitrogen and oxygen atoms in total. The zero-order chi connectivity index (χ0) is 18.4. The van der Waals surface area contributed by atoms with Crippen LogP contribution in [0.1, 0.15) is 27.2 Å². The first-order valence-electron chi connectivity index (χ1n) is 8.26. The summed E-state index contributed by atoms with van der Waals surface area (Å²) >= 11 is 0. The molecule has 1 aromatic carbocycles. The highest BCUT2D eigenvalue weighted by Gasteiger charge is 2.22. The van der Waals surface area contributed by atoms with E-state index >= 15 is 0 Å². The Kier molecular flexibility index (Phi) is 6.14. The van der Waals surface area contributed by atoms with Crippen molar-refractivity contribution in [3.05, 3.63) is 42.5 Å². The van der Waals surface area contributed by atoms with Gasteiger partial charge in [-0.15, -0.1) is 0 Å². The van der Waals surface area contributed by atoms with Gasteiger partial charge in [-0.3, -0.25) is 0 Å². The van der Waals surface area contributed by atoms with E-state index in [4.69, 9.17) is 5.11 Å². The van der Waals surface area contributed by atoms with Gasteiger partial charge in [0, 0.05) is 32.1 Å². The highest BCUT2D eigenvalue weighted by Crippen LogP contribution is 2.22. The zero-order valence-corrected chi connectivity index (χ0v) is 14.9. The molecule has 0 saturated heterocycles. The second kappa shape index (κ2) is 8.11. The van der Waals surface area contributed by atoms with Gasteiger partial charge < -0.3 is 15.3 Å². The summed E-state index contributed by atoms with van der Waals surface area (Å²) in [6.07, 6.45) is 3.82. The average Bonchev–Trinajstić information content (AvgIpc) is 3.04. The van der Waals surface area contributed by atoms with E-state index in [0.29, 0.717) is 30.9 Å². The van der Waals surface area contributed by atoms with Gasteiger partial charge in [0.15, 0.2) is 0 Å². The smallest absolute Gasteiger partial charge is 0.321 e. The molecule has 136 valence electrons. The van der Waals surface area contributed by atoms with Crippen molar-refractivity contribution in [3.8, 4) is 5.69 Å². The molecule has 0 atom stereocenters. The Morgan fingerprint density at radius 2 is 2.16 bits per heavy atom. The Morgan fingerprint density at radius 1 is 1.40 bits per heavy atom. The van der Waals surface area contributed by atoms with Crippen LogP contribution in [0.3, 0.4) is 0 Å². The fourth-order valence-corrected chi connectivity index (χ4v) is 2.50. The molecular weight excluding hydrogens is 323 g/mol. The summed E-state index contributed by atoms with van der Waals surface area (Å²) in [7, 11) is 0. The number of aliphatic hydroxyl groups excluding tert-OH is 1. The van der Waals surface area contributed by atoms with Crippen LogP contribution in [0.25, 0.3) is 5.69 Å². The van der Waals surface area contributed by atoms with Gasteiger partial charge in [-0.25, -0.2) is 13.9 Å². The third kappa shape index (κ3) is 5.56. The standard InChI is InChI=1S/C18H25FN4O2/c1-18(2,3)13-22(9-5-11-24)17(25)21-15-12-14(19)6-7-16(15)23-10-4-8-20-23/h4,6-8,10,12,24H,5,9,11,13H2,1-3H3,(H,21,25). The number of benzene rings is 1. The number of aromatic nitrogens is 2. The third-order valence-corrected chi connectivity index (χ3v) is 3.49. The summed E-state index contributed by atoms with van der Waals surface area (Å²) in [6.45, 7) is 7.04. The van der Waals surface area contributed by atoms with Crippen LogP contribution in [-0.2, 0) is 0 Å². The summed E-state index contributed by atoms with van der Waals surface area (Å²) in [5, 5.41) is 16.0.